The number of aryl methyl sites for hydroxylation is 1. The molecule has 0 fully saturated rings. The SMILES string of the molecule is Cc1ccc2ccccc2c1C(=O)O.Cl. The first-order valence-corrected chi connectivity index (χ1v) is 4.42. The van der Waals surface area contributed by atoms with Crippen molar-refractivity contribution in [3.8, 4) is 0 Å². The molecule has 0 aliphatic rings. The summed E-state index contributed by atoms with van der Waals surface area (Å²) in [5.74, 6) is -0.862. The monoisotopic (exact) mass is 222 g/mol. The van der Waals surface area contributed by atoms with Gasteiger partial charge >= 0.3 is 5.97 Å². The molecule has 0 amide bonds. The van der Waals surface area contributed by atoms with Gasteiger partial charge in [0.25, 0.3) is 0 Å². The fraction of sp³-hybridized carbons (Fsp3) is 0.0833. The van der Waals surface area contributed by atoms with Gasteiger partial charge in [-0.2, -0.15) is 0 Å². The number of hydrogen-bond acceptors (Lipinski definition) is 1. The predicted molar refractivity (Wildman–Crippen MR) is 62.9 cm³/mol. The molecule has 2 aromatic carbocycles. The molecule has 2 aromatic rings. The van der Waals surface area contributed by atoms with Gasteiger partial charge in [0.15, 0.2) is 0 Å². The third kappa shape index (κ3) is 1.95. The number of carboxylic acids is 1. The van der Waals surface area contributed by atoms with Gasteiger partial charge in [0, 0.05) is 0 Å². The molecule has 0 atom stereocenters. The van der Waals surface area contributed by atoms with Gasteiger partial charge in [-0.3, -0.25) is 0 Å². The highest BCUT2D eigenvalue weighted by Crippen LogP contribution is 2.21. The van der Waals surface area contributed by atoms with Crippen molar-refractivity contribution in [1.82, 2.24) is 0 Å². The Morgan fingerprint density at radius 2 is 1.80 bits per heavy atom. The Hall–Kier alpha value is -1.54. The fourth-order valence-corrected chi connectivity index (χ4v) is 1.66. The number of aromatic carboxylic acids is 1. The first kappa shape index (κ1) is 11.5. The Morgan fingerprint density at radius 1 is 1.13 bits per heavy atom. The molecular weight excluding hydrogens is 212 g/mol. The third-order valence-electron chi connectivity index (χ3n) is 2.35. The Kier molecular flexibility index (Phi) is 3.32. The number of carboxylic acid groups (broad SMARTS) is 1. The standard InChI is InChI=1S/C12H10O2.ClH/c1-8-6-7-9-4-2-3-5-10(9)11(8)12(13)14;/h2-7H,1H3,(H,13,14);1H. The Balaban J connectivity index is 0.00000112. The maximum Gasteiger partial charge on any atom is 0.336 e. The maximum atomic E-state index is 11.0. The lowest BCUT2D eigenvalue weighted by Gasteiger charge is -2.05. The number of carbonyl (C=O) groups is 1. The molecule has 0 saturated carbocycles. The summed E-state index contributed by atoms with van der Waals surface area (Å²) in [7, 11) is 0. The quantitative estimate of drug-likeness (QED) is 0.804. The van der Waals surface area contributed by atoms with E-state index in [0.717, 1.165) is 16.3 Å². The Morgan fingerprint density at radius 3 is 2.47 bits per heavy atom. The molecule has 0 aliphatic carbocycles. The molecule has 0 radical (unpaired) electrons. The van der Waals surface area contributed by atoms with Gasteiger partial charge < -0.3 is 5.11 Å². The van der Waals surface area contributed by atoms with Crippen LogP contribution in [0.25, 0.3) is 10.8 Å². The number of fused-ring (bicyclic) bond motifs is 1. The highest BCUT2D eigenvalue weighted by atomic mass is 35.5. The molecule has 3 heteroatoms. The van der Waals surface area contributed by atoms with Crippen LogP contribution in [-0.2, 0) is 0 Å². The van der Waals surface area contributed by atoms with E-state index in [2.05, 4.69) is 0 Å². The van der Waals surface area contributed by atoms with Crippen molar-refractivity contribution in [1.29, 1.82) is 0 Å². The van der Waals surface area contributed by atoms with Gasteiger partial charge in [0.05, 0.1) is 5.56 Å². The van der Waals surface area contributed by atoms with Crippen molar-refractivity contribution in [3.05, 3.63) is 47.5 Å². The molecule has 0 aliphatic heterocycles. The average molecular weight is 223 g/mol. The van der Waals surface area contributed by atoms with Gasteiger partial charge in [-0.1, -0.05) is 36.4 Å². The Bertz CT molecular complexity index is 506. The first-order chi connectivity index (χ1) is 6.70. The summed E-state index contributed by atoms with van der Waals surface area (Å²) in [6.07, 6.45) is 0. The van der Waals surface area contributed by atoms with Crippen molar-refractivity contribution in [2.75, 3.05) is 0 Å². The summed E-state index contributed by atoms with van der Waals surface area (Å²) in [6.45, 7) is 1.82. The van der Waals surface area contributed by atoms with Crippen molar-refractivity contribution < 1.29 is 9.90 Å². The normalized spacial score (nSPS) is 9.67. The lowest BCUT2D eigenvalue weighted by atomic mass is 10.00. The summed E-state index contributed by atoms with van der Waals surface area (Å²) in [5, 5.41) is 10.8. The van der Waals surface area contributed by atoms with Crippen molar-refractivity contribution in [2.24, 2.45) is 0 Å². The zero-order valence-electron chi connectivity index (χ0n) is 8.23. The minimum absolute atomic E-state index is 0. The molecule has 0 heterocycles. The van der Waals surface area contributed by atoms with E-state index in [-0.39, 0.29) is 12.4 Å². The number of halogens is 1. The van der Waals surface area contributed by atoms with Gasteiger partial charge in [0.2, 0.25) is 0 Å². The van der Waals surface area contributed by atoms with Crippen LogP contribution < -0.4 is 0 Å². The molecule has 15 heavy (non-hydrogen) atoms. The molecule has 2 nitrogen and oxygen atoms in total. The molecule has 0 spiro atoms. The van der Waals surface area contributed by atoms with Crippen LogP contribution in [-0.4, -0.2) is 11.1 Å². The second-order valence-electron chi connectivity index (χ2n) is 3.28. The van der Waals surface area contributed by atoms with Crippen molar-refractivity contribution in [3.63, 3.8) is 0 Å². The Labute approximate surface area is 94.0 Å². The zero-order chi connectivity index (χ0) is 10.1. The second-order valence-corrected chi connectivity index (χ2v) is 3.28. The van der Waals surface area contributed by atoms with E-state index < -0.39 is 5.97 Å². The molecule has 0 bridgehead atoms. The number of benzene rings is 2. The van der Waals surface area contributed by atoms with E-state index in [9.17, 15) is 4.79 Å². The molecular formula is C12H11ClO2. The topological polar surface area (TPSA) is 37.3 Å². The lowest BCUT2D eigenvalue weighted by Crippen LogP contribution is -2.00. The average Bonchev–Trinajstić information content (AvgIpc) is 2.17. The smallest absolute Gasteiger partial charge is 0.336 e. The van der Waals surface area contributed by atoms with Gasteiger partial charge in [-0.05, 0) is 23.3 Å². The van der Waals surface area contributed by atoms with Crippen LogP contribution in [0.3, 0.4) is 0 Å². The fourth-order valence-electron chi connectivity index (χ4n) is 1.66. The third-order valence-corrected chi connectivity index (χ3v) is 2.35. The predicted octanol–water partition coefficient (Wildman–Crippen LogP) is 3.27. The second kappa shape index (κ2) is 4.32. The van der Waals surface area contributed by atoms with E-state index >= 15 is 0 Å². The first-order valence-electron chi connectivity index (χ1n) is 4.42. The zero-order valence-corrected chi connectivity index (χ0v) is 9.04. The minimum Gasteiger partial charge on any atom is -0.478 e. The summed E-state index contributed by atoms with van der Waals surface area (Å²) >= 11 is 0. The molecule has 0 saturated heterocycles. The van der Waals surface area contributed by atoms with Crippen LogP contribution >= 0.6 is 12.4 Å². The van der Waals surface area contributed by atoms with E-state index in [1.165, 1.54) is 0 Å². The van der Waals surface area contributed by atoms with Crippen LogP contribution in [0.4, 0.5) is 0 Å². The van der Waals surface area contributed by atoms with Crippen LogP contribution in [0, 0.1) is 6.92 Å². The van der Waals surface area contributed by atoms with Crippen LogP contribution in [0.5, 0.6) is 0 Å². The van der Waals surface area contributed by atoms with E-state index in [1.54, 1.807) is 0 Å². The van der Waals surface area contributed by atoms with E-state index in [4.69, 9.17) is 5.11 Å². The highest BCUT2D eigenvalue weighted by Gasteiger charge is 2.10. The molecule has 1 N–H and O–H groups in total. The van der Waals surface area contributed by atoms with E-state index in [0.29, 0.717) is 5.56 Å². The van der Waals surface area contributed by atoms with Crippen LogP contribution in [0.15, 0.2) is 36.4 Å². The number of hydrogen-bond donors (Lipinski definition) is 1. The molecule has 2 rings (SSSR count). The summed E-state index contributed by atoms with van der Waals surface area (Å²) < 4.78 is 0. The summed E-state index contributed by atoms with van der Waals surface area (Å²) in [5.41, 5.74) is 1.21. The van der Waals surface area contributed by atoms with Crippen LogP contribution in [0.1, 0.15) is 15.9 Å². The molecule has 0 unspecified atom stereocenters. The maximum absolute atomic E-state index is 11.0. The minimum atomic E-state index is -0.862. The highest BCUT2D eigenvalue weighted by molar-refractivity contribution is 6.04. The summed E-state index contributed by atoms with van der Waals surface area (Å²) in [4.78, 5) is 11.0. The van der Waals surface area contributed by atoms with Crippen molar-refractivity contribution >= 4 is 29.1 Å². The van der Waals surface area contributed by atoms with Gasteiger partial charge in [0.1, 0.15) is 0 Å². The molecule has 0 aromatic heterocycles. The number of rotatable bonds is 1. The molecule has 78 valence electrons. The van der Waals surface area contributed by atoms with Gasteiger partial charge in [-0.15, -0.1) is 12.4 Å². The lowest BCUT2D eigenvalue weighted by molar-refractivity contribution is 0.0698. The summed E-state index contributed by atoms with van der Waals surface area (Å²) in [6, 6.07) is 11.3. The van der Waals surface area contributed by atoms with E-state index in [1.807, 2.05) is 43.3 Å². The largest absolute Gasteiger partial charge is 0.478 e. The van der Waals surface area contributed by atoms with Gasteiger partial charge in [-0.25, -0.2) is 4.79 Å². The van der Waals surface area contributed by atoms with Crippen LogP contribution in [0.2, 0.25) is 0 Å². The van der Waals surface area contributed by atoms with Crippen molar-refractivity contribution in [2.45, 2.75) is 6.92 Å².